The molecule has 0 aromatic heterocycles. The highest BCUT2D eigenvalue weighted by Crippen LogP contribution is 2.25. The highest BCUT2D eigenvalue weighted by Gasteiger charge is 2.00. The van der Waals surface area contributed by atoms with E-state index in [0.717, 1.165) is 9.92 Å². The van der Waals surface area contributed by atoms with Crippen molar-refractivity contribution in [3.8, 4) is 0 Å². The molecule has 0 unspecified atom stereocenters. The maximum atomic E-state index is 5.92. The number of hydrogen-bond donors (Lipinski definition) is 2. The van der Waals surface area contributed by atoms with E-state index in [1.54, 1.807) is 0 Å². The Morgan fingerprint density at radius 3 is 2.77 bits per heavy atom. The number of nitrogens with two attached hydrogens (primary N) is 2. The highest BCUT2D eigenvalue weighted by molar-refractivity contribution is 8.00. The Bertz CT molecular complexity index is 314. The van der Waals surface area contributed by atoms with Gasteiger partial charge in [-0.05, 0) is 12.1 Å². The summed E-state index contributed by atoms with van der Waals surface area (Å²) in [5, 5.41) is 4.08. The van der Waals surface area contributed by atoms with E-state index in [-0.39, 0.29) is 0 Å². The van der Waals surface area contributed by atoms with Gasteiger partial charge in [0.15, 0.2) is 0 Å². The zero-order valence-electron chi connectivity index (χ0n) is 6.90. The maximum Gasteiger partial charge on any atom is 0.129 e. The maximum absolute atomic E-state index is 5.92. The molecule has 0 amide bonds. The molecule has 4 N–H and O–H groups in total. The van der Waals surface area contributed by atoms with Gasteiger partial charge in [0, 0.05) is 4.90 Å². The van der Waals surface area contributed by atoms with Crippen LogP contribution in [-0.4, -0.2) is 11.6 Å². The molecule has 0 bridgehead atoms. The van der Waals surface area contributed by atoms with Gasteiger partial charge in [0.2, 0.25) is 0 Å². The van der Waals surface area contributed by atoms with Crippen molar-refractivity contribution >= 4 is 29.2 Å². The second-order valence-corrected chi connectivity index (χ2v) is 3.76. The summed E-state index contributed by atoms with van der Waals surface area (Å²) in [5.74, 6) is 5.95. The van der Waals surface area contributed by atoms with Crippen LogP contribution in [0.3, 0.4) is 0 Å². The largest absolute Gasteiger partial charge is 0.385 e. The Morgan fingerprint density at radius 1 is 1.46 bits per heavy atom. The predicted molar refractivity (Wildman–Crippen MR) is 58.0 cm³/mol. The quantitative estimate of drug-likeness (QED) is 0.265. The lowest BCUT2D eigenvalue weighted by Gasteiger charge is -2.02. The second-order valence-electron chi connectivity index (χ2n) is 2.34. The summed E-state index contributed by atoms with van der Waals surface area (Å²) >= 11 is 7.43. The van der Waals surface area contributed by atoms with E-state index < -0.39 is 0 Å². The third kappa shape index (κ3) is 3.16. The molecule has 0 fully saturated rings. The van der Waals surface area contributed by atoms with Crippen LogP contribution in [0.5, 0.6) is 0 Å². The second kappa shape index (κ2) is 4.99. The standard InChI is InChI=1S/C8H10ClN3S/c9-6-3-1-2-4-7(6)13-5-8(10)12-11/h1-4H,5,11H2,(H2,10,12). The lowest BCUT2D eigenvalue weighted by atomic mass is 10.4. The average molecular weight is 216 g/mol. The number of halogens is 1. The number of thioether (sulfide) groups is 1. The van der Waals surface area contributed by atoms with Crippen molar-refractivity contribution in [2.24, 2.45) is 16.7 Å². The van der Waals surface area contributed by atoms with Crippen molar-refractivity contribution in [1.82, 2.24) is 0 Å². The zero-order chi connectivity index (χ0) is 9.68. The molecule has 0 aliphatic rings. The van der Waals surface area contributed by atoms with Gasteiger partial charge in [0.1, 0.15) is 5.84 Å². The van der Waals surface area contributed by atoms with Crippen LogP contribution in [0.1, 0.15) is 0 Å². The summed E-state index contributed by atoms with van der Waals surface area (Å²) in [6, 6.07) is 7.56. The molecule has 1 aromatic carbocycles. The smallest absolute Gasteiger partial charge is 0.129 e. The van der Waals surface area contributed by atoms with E-state index in [1.165, 1.54) is 11.8 Å². The Kier molecular flexibility index (Phi) is 3.92. The fraction of sp³-hybridized carbons (Fsp3) is 0.125. The van der Waals surface area contributed by atoms with Crippen LogP contribution in [0.2, 0.25) is 5.02 Å². The van der Waals surface area contributed by atoms with Crippen LogP contribution in [-0.2, 0) is 0 Å². The van der Waals surface area contributed by atoms with Gasteiger partial charge in [0.05, 0.1) is 10.8 Å². The van der Waals surface area contributed by atoms with Crippen molar-refractivity contribution in [2.45, 2.75) is 4.90 Å². The first-order chi connectivity index (χ1) is 6.24. The van der Waals surface area contributed by atoms with Gasteiger partial charge in [-0.2, -0.15) is 5.10 Å². The Labute approximate surface area is 86.1 Å². The normalized spacial score (nSPS) is 11.6. The molecule has 0 heterocycles. The van der Waals surface area contributed by atoms with Gasteiger partial charge in [-0.1, -0.05) is 23.7 Å². The summed E-state index contributed by atoms with van der Waals surface area (Å²) in [4.78, 5) is 0.982. The summed E-state index contributed by atoms with van der Waals surface area (Å²) in [5.41, 5.74) is 5.43. The lowest BCUT2D eigenvalue weighted by molar-refractivity contribution is 1.22. The fourth-order valence-corrected chi connectivity index (χ4v) is 1.81. The van der Waals surface area contributed by atoms with Gasteiger partial charge in [-0.15, -0.1) is 11.8 Å². The molecular weight excluding hydrogens is 206 g/mol. The molecule has 5 heteroatoms. The SMILES string of the molecule is NN=C(N)CSc1ccccc1Cl. The molecular formula is C8H10ClN3S. The van der Waals surface area contributed by atoms with Gasteiger partial charge < -0.3 is 11.6 Å². The summed E-state index contributed by atoms with van der Waals surface area (Å²) in [7, 11) is 0. The molecule has 13 heavy (non-hydrogen) atoms. The molecule has 0 saturated carbocycles. The number of amidine groups is 1. The minimum atomic E-state index is 0.407. The van der Waals surface area contributed by atoms with Gasteiger partial charge in [-0.3, -0.25) is 0 Å². The monoisotopic (exact) mass is 215 g/mol. The molecule has 1 rings (SSSR count). The van der Waals surface area contributed by atoms with E-state index in [0.29, 0.717) is 11.6 Å². The lowest BCUT2D eigenvalue weighted by Crippen LogP contribution is -2.16. The van der Waals surface area contributed by atoms with E-state index in [4.69, 9.17) is 23.2 Å². The van der Waals surface area contributed by atoms with Crippen LogP contribution in [0.15, 0.2) is 34.3 Å². The molecule has 0 aliphatic heterocycles. The third-order valence-electron chi connectivity index (χ3n) is 1.38. The van der Waals surface area contributed by atoms with Gasteiger partial charge in [-0.25, -0.2) is 0 Å². The first-order valence-electron chi connectivity index (χ1n) is 3.63. The van der Waals surface area contributed by atoms with E-state index in [1.807, 2.05) is 24.3 Å². The van der Waals surface area contributed by atoms with Crippen LogP contribution >= 0.6 is 23.4 Å². The predicted octanol–water partition coefficient (Wildman–Crippen LogP) is 1.66. The number of hydrazone groups is 1. The van der Waals surface area contributed by atoms with Crippen molar-refractivity contribution in [3.63, 3.8) is 0 Å². The minimum Gasteiger partial charge on any atom is -0.385 e. The molecule has 0 aliphatic carbocycles. The molecule has 70 valence electrons. The third-order valence-corrected chi connectivity index (χ3v) is 2.93. The Hall–Kier alpha value is -0.870. The number of hydrogen-bond acceptors (Lipinski definition) is 3. The molecule has 0 atom stereocenters. The molecule has 0 radical (unpaired) electrons. The van der Waals surface area contributed by atoms with E-state index in [9.17, 15) is 0 Å². The minimum absolute atomic E-state index is 0.407. The van der Waals surface area contributed by atoms with Crippen LogP contribution in [0, 0.1) is 0 Å². The number of nitrogens with zero attached hydrogens (tertiary/aromatic N) is 1. The van der Waals surface area contributed by atoms with Crippen molar-refractivity contribution in [1.29, 1.82) is 0 Å². The molecule has 1 aromatic rings. The fourth-order valence-electron chi connectivity index (χ4n) is 0.751. The summed E-state index contributed by atoms with van der Waals surface area (Å²) in [6.07, 6.45) is 0. The van der Waals surface area contributed by atoms with Crippen molar-refractivity contribution in [2.75, 3.05) is 5.75 Å². The van der Waals surface area contributed by atoms with Gasteiger partial charge >= 0.3 is 0 Å². The molecule has 0 spiro atoms. The molecule has 3 nitrogen and oxygen atoms in total. The molecule has 0 saturated heterocycles. The van der Waals surface area contributed by atoms with Crippen LogP contribution in [0.4, 0.5) is 0 Å². The van der Waals surface area contributed by atoms with Crippen molar-refractivity contribution < 1.29 is 0 Å². The Balaban J connectivity index is 2.60. The topological polar surface area (TPSA) is 64.4 Å². The van der Waals surface area contributed by atoms with Crippen molar-refractivity contribution in [3.05, 3.63) is 29.3 Å². The summed E-state index contributed by atoms with van der Waals surface area (Å²) in [6.45, 7) is 0. The Morgan fingerprint density at radius 2 is 2.15 bits per heavy atom. The highest BCUT2D eigenvalue weighted by atomic mass is 35.5. The van der Waals surface area contributed by atoms with Gasteiger partial charge in [0.25, 0.3) is 0 Å². The first-order valence-corrected chi connectivity index (χ1v) is 5.00. The summed E-state index contributed by atoms with van der Waals surface area (Å²) < 4.78 is 0. The number of rotatable bonds is 3. The van der Waals surface area contributed by atoms with E-state index >= 15 is 0 Å². The average Bonchev–Trinajstić information content (AvgIpc) is 2.16. The number of benzene rings is 1. The van der Waals surface area contributed by atoms with Crippen LogP contribution in [0.25, 0.3) is 0 Å². The first kappa shape index (κ1) is 10.2. The van der Waals surface area contributed by atoms with Crippen LogP contribution < -0.4 is 11.6 Å². The van der Waals surface area contributed by atoms with E-state index in [2.05, 4.69) is 5.10 Å². The zero-order valence-corrected chi connectivity index (χ0v) is 8.48.